The number of hydrogen-bond donors (Lipinski definition) is 1. The molecule has 0 unspecified atom stereocenters. The first kappa shape index (κ1) is 14.8. The van der Waals surface area contributed by atoms with Crippen LogP contribution in [0.4, 0.5) is 9.93 Å². The molecule has 1 saturated heterocycles. The highest BCUT2D eigenvalue weighted by Crippen LogP contribution is 2.19. The quantitative estimate of drug-likeness (QED) is 0.907. The first-order chi connectivity index (χ1) is 10.6. The number of amides is 2. The first-order valence-corrected chi connectivity index (χ1v) is 8.07. The Morgan fingerprint density at radius 3 is 2.73 bits per heavy atom. The molecule has 2 aromatic rings. The van der Waals surface area contributed by atoms with Gasteiger partial charge < -0.3 is 19.7 Å². The average Bonchev–Trinajstić information content (AvgIpc) is 3.18. The predicted octanol–water partition coefficient (Wildman–Crippen LogP) is 0.864. The van der Waals surface area contributed by atoms with Gasteiger partial charge in [0.25, 0.3) is 0 Å². The van der Waals surface area contributed by atoms with Crippen LogP contribution in [0.2, 0.25) is 0 Å². The zero-order valence-corrected chi connectivity index (χ0v) is 13.5. The highest BCUT2D eigenvalue weighted by molar-refractivity contribution is 7.13. The number of nitrogens with one attached hydrogen (secondary N) is 1. The van der Waals surface area contributed by atoms with Gasteiger partial charge in [-0.1, -0.05) is 0 Å². The van der Waals surface area contributed by atoms with Gasteiger partial charge in [-0.25, -0.2) is 9.78 Å². The van der Waals surface area contributed by atoms with Crippen LogP contribution < -0.4 is 10.2 Å². The molecule has 1 aliphatic rings. The maximum atomic E-state index is 12.3. The second kappa shape index (κ2) is 6.30. The number of rotatable bonds is 3. The lowest BCUT2D eigenvalue weighted by molar-refractivity contribution is 0.190. The molecule has 3 heterocycles. The zero-order chi connectivity index (χ0) is 15.5. The van der Waals surface area contributed by atoms with Crippen molar-refractivity contribution in [3.63, 3.8) is 0 Å². The van der Waals surface area contributed by atoms with E-state index in [1.54, 1.807) is 17.7 Å². The summed E-state index contributed by atoms with van der Waals surface area (Å²) in [6.07, 6.45) is 3.44. The normalized spacial score (nSPS) is 16.6. The number of thiazole rings is 1. The van der Waals surface area contributed by atoms with Crippen LogP contribution in [0, 0.1) is 0 Å². The van der Waals surface area contributed by atoms with Gasteiger partial charge in [-0.2, -0.15) is 0 Å². The van der Waals surface area contributed by atoms with Crippen molar-refractivity contribution < 1.29 is 4.79 Å². The summed E-state index contributed by atoms with van der Waals surface area (Å²) in [5.41, 5.74) is 0. The molecular formula is C13H19N7OS. The number of piperazine rings is 1. The van der Waals surface area contributed by atoms with Gasteiger partial charge in [0.2, 0.25) is 0 Å². The summed E-state index contributed by atoms with van der Waals surface area (Å²) in [7, 11) is 1.87. The number of aryl methyl sites for hydroxylation is 1. The summed E-state index contributed by atoms with van der Waals surface area (Å²) >= 11 is 1.63. The van der Waals surface area contributed by atoms with Crippen molar-refractivity contribution in [1.29, 1.82) is 0 Å². The minimum absolute atomic E-state index is 0.0608. The molecule has 2 amide bonds. The van der Waals surface area contributed by atoms with Gasteiger partial charge in [-0.05, 0) is 6.92 Å². The van der Waals surface area contributed by atoms with E-state index in [0.717, 1.165) is 24.0 Å². The number of aromatic nitrogens is 4. The number of anilines is 1. The molecule has 0 radical (unpaired) electrons. The molecule has 3 rings (SSSR count). The van der Waals surface area contributed by atoms with Crippen LogP contribution >= 0.6 is 11.3 Å². The highest BCUT2D eigenvalue weighted by atomic mass is 32.1. The minimum atomic E-state index is -0.169. The van der Waals surface area contributed by atoms with E-state index < -0.39 is 0 Å². The lowest BCUT2D eigenvalue weighted by Crippen LogP contribution is -2.52. The Hall–Kier alpha value is -2.16. The molecule has 9 heteroatoms. The second-order valence-corrected chi connectivity index (χ2v) is 6.13. The van der Waals surface area contributed by atoms with Crippen LogP contribution in [0.25, 0.3) is 0 Å². The van der Waals surface area contributed by atoms with Crippen molar-refractivity contribution in [2.45, 2.75) is 13.0 Å². The van der Waals surface area contributed by atoms with E-state index in [4.69, 9.17) is 0 Å². The fraction of sp³-hybridized carbons (Fsp3) is 0.538. The summed E-state index contributed by atoms with van der Waals surface area (Å²) in [5.74, 6) is 0.745. The number of nitrogens with zero attached hydrogens (tertiary/aromatic N) is 6. The monoisotopic (exact) mass is 321 g/mol. The first-order valence-electron chi connectivity index (χ1n) is 7.19. The molecule has 1 aliphatic heterocycles. The Kier molecular flexibility index (Phi) is 4.23. The fourth-order valence-corrected chi connectivity index (χ4v) is 3.19. The van der Waals surface area contributed by atoms with Crippen LogP contribution in [0.15, 0.2) is 17.9 Å². The summed E-state index contributed by atoms with van der Waals surface area (Å²) in [4.78, 5) is 20.7. The van der Waals surface area contributed by atoms with E-state index >= 15 is 0 Å². The summed E-state index contributed by atoms with van der Waals surface area (Å²) in [5, 5.41) is 13.8. The molecular weight excluding hydrogens is 302 g/mol. The standard InChI is InChI=1S/C13H19N7OS/c1-10(11-17-15-9-18(11)2)16-12(21)19-4-6-20(7-5-19)13-14-3-8-22-13/h3,8-10H,4-7H2,1-2H3,(H,16,21)/t10-/m1/s1. The lowest BCUT2D eigenvalue weighted by atomic mass is 10.3. The van der Waals surface area contributed by atoms with Gasteiger partial charge in [0, 0.05) is 44.8 Å². The van der Waals surface area contributed by atoms with E-state index in [2.05, 4.69) is 25.4 Å². The molecule has 1 atom stereocenters. The van der Waals surface area contributed by atoms with Crippen molar-refractivity contribution in [2.24, 2.45) is 7.05 Å². The SMILES string of the molecule is C[C@@H](NC(=O)N1CCN(c2nccs2)CC1)c1nncn1C. The second-order valence-electron chi connectivity index (χ2n) is 5.26. The molecule has 2 aromatic heterocycles. The molecule has 22 heavy (non-hydrogen) atoms. The smallest absolute Gasteiger partial charge is 0.318 e. The van der Waals surface area contributed by atoms with E-state index in [1.165, 1.54) is 0 Å². The zero-order valence-electron chi connectivity index (χ0n) is 12.6. The van der Waals surface area contributed by atoms with Gasteiger partial charge in [-0.15, -0.1) is 21.5 Å². The number of carbonyl (C=O) groups excluding carboxylic acids is 1. The number of hydrogen-bond acceptors (Lipinski definition) is 6. The third-order valence-corrected chi connectivity index (χ3v) is 4.56. The molecule has 8 nitrogen and oxygen atoms in total. The summed E-state index contributed by atoms with van der Waals surface area (Å²) < 4.78 is 1.81. The number of urea groups is 1. The van der Waals surface area contributed by atoms with Crippen LogP contribution in [0.1, 0.15) is 18.8 Å². The van der Waals surface area contributed by atoms with Gasteiger partial charge >= 0.3 is 6.03 Å². The van der Waals surface area contributed by atoms with Gasteiger partial charge in [0.05, 0.1) is 6.04 Å². The van der Waals surface area contributed by atoms with Crippen molar-refractivity contribution in [1.82, 2.24) is 30.0 Å². The Balaban J connectivity index is 1.53. The van der Waals surface area contributed by atoms with E-state index in [0.29, 0.717) is 13.1 Å². The van der Waals surface area contributed by atoms with Crippen LogP contribution in [0.3, 0.4) is 0 Å². The molecule has 0 aliphatic carbocycles. The Labute approximate surface area is 132 Å². The Bertz CT molecular complexity index is 618. The highest BCUT2D eigenvalue weighted by Gasteiger charge is 2.24. The third kappa shape index (κ3) is 3.03. The van der Waals surface area contributed by atoms with E-state index in [9.17, 15) is 4.79 Å². The van der Waals surface area contributed by atoms with Gasteiger partial charge in [-0.3, -0.25) is 0 Å². The van der Waals surface area contributed by atoms with E-state index in [1.807, 2.05) is 35.0 Å². The Morgan fingerprint density at radius 2 is 2.14 bits per heavy atom. The van der Waals surface area contributed by atoms with Crippen LogP contribution in [-0.4, -0.2) is 56.9 Å². The largest absolute Gasteiger partial charge is 0.345 e. The van der Waals surface area contributed by atoms with Crippen LogP contribution in [0.5, 0.6) is 0 Å². The topological polar surface area (TPSA) is 79.2 Å². The molecule has 0 aromatic carbocycles. The Morgan fingerprint density at radius 1 is 1.36 bits per heavy atom. The number of carbonyl (C=O) groups is 1. The fourth-order valence-electron chi connectivity index (χ4n) is 2.50. The predicted molar refractivity (Wildman–Crippen MR) is 83.8 cm³/mol. The molecule has 0 bridgehead atoms. The molecule has 0 saturated carbocycles. The molecule has 1 fully saturated rings. The third-order valence-electron chi connectivity index (χ3n) is 3.73. The van der Waals surface area contributed by atoms with Crippen molar-refractivity contribution >= 4 is 22.5 Å². The van der Waals surface area contributed by atoms with Gasteiger partial charge in [0.15, 0.2) is 11.0 Å². The summed E-state index contributed by atoms with van der Waals surface area (Å²) in [6, 6.07) is -0.230. The lowest BCUT2D eigenvalue weighted by Gasteiger charge is -2.35. The maximum Gasteiger partial charge on any atom is 0.318 e. The van der Waals surface area contributed by atoms with Crippen molar-refractivity contribution in [3.05, 3.63) is 23.7 Å². The van der Waals surface area contributed by atoms with Crippen molar-refractivity contribution in [3.8, 4) is 0 Å². The minimum Gasteiger partial charge on any atom is -0.345 e. The van der Waals surface area contributed by atoms with Crippen molar-refractivity contribution in [2.75, 3.05) is 31.1 Å². The van der Waals surface area contributed by atoms with E-state index in [-0.39, 0.29) is 12.1 Å². The molecule has 1 N–H and O–H groups in total. The average molecular weight is 321 g/mol. The van der Waals surface area contributed by atoms with Gasteiger partial charge in [0.1, 0.15) is 6.33 Å². The molecule has 0 spiro atoms. The van der Waals surface area contributed by atoms with Crippen LogP contribution in [-0.2, 0) is 7.05 Å². The maximum absolute atomic E-state index is 12.3. The molecule has 118 valence electrons. The summed E-state index contributed by atoms with van der Waals surface area (Å²) in [6.45, 7) is 4.90.